The Hall–Kier alpha value is -3.18. The molecule has 0 radical (unpaired) electrons. The highest BCUT2D eigenvalue weighted by Gasteiger charge is 2.29. The second kappa shape index (κ2) is 7.44. The first-order valence-corrected chi connectivity index (χ1v) is 9.14. The van der Waals surface area contributed by atoms with E-state index in [0.29, 0.717) is 5.69 Å². The molecule has 0 heterocycles. The number of carbonyl (C=O) groups excluding carboxylic acids is 1. The average Bonchev–Trinajstić information content (AvgIpc) is 3.01. The fourth-order valence-electron chi connectivity index (χ4n) is 3.69. The van der Waals surface area contributed by atoms with Crippen LogP contribution in [0.5, 0.6) is 0 Å². The largest absolute Gasteiger partial charge is 0.448 e. The SMILES string of the molecule is CC(O)c1cc(NC(=O)OCC2c3ccccc3-c3ccccc32)ccc1F. The predicted octanol–water partition coefficient (Wildman–Crippen LogP) is 5.24. The van der Waals surface area contributed by atoms with Gasteiger partial charge in [-0.1, -0.05) is 48.5 Å². The van der Waals surface area contributed by atoms with Crippen molar-refractivity contribution in [3.63, 3.8) is 0 Å². The van der Waals surface area contributed by atoms with Gasteiger partial charge >= 0.3 is 6.09 Å². The molecule has 4 nitrogen and oxygen atoms in total. The summed E-state index contributed by atoms with van der Waals surface area (Å²) in [5, 5.41) is 12.2. The van der Waals surface area contributed by atoms with Gasteiger partial charge in [-0.15, -0.1) is 0 Å². The van der Waals surface area contributed by atoms with E-state index in [-0.39, 0.29) is 18.1 Å². The van der Waals surface area contributed by atoms with Crippen LogP contribution in [-0.4, -0.2) is 17.8 Å². The second-order valence-corrected chi connectivity index (χ2v) is 6.86. The molecule has 0 aliphatic heterocycles. The first-order valence-electron chi connectivity index (χ1n) is 9.14. The van der Waals surface area contributed by atoms with Crippen molar-refractivity contribution >= 4 is 11.8 Å². The van der Waals surface area contributed by atoms with Crippen molar-refractivity contribution in [2.75, 3.05) is 11.9 Å². The van der Waals surface area contributed by atoms with Gasteiger partial charge in [0.2, 0.25) is 0 Å². The van der Waals surface area contributed by atoms with Gasteiger partial charge in [0.15, 0.2) is 0 Å². The normalized spacial score (nSPS) is 13.5. The van der Waals surface area contributed by atoms with Crippen LogP contribution in [0.3, 0.4) is 0 Å². The number of nitrogens with one attached hydrogen (secondary N) is 1. The van der Waals surface area contributed by atoms with Crippen LogP contribution in [0.1, 0.15) is 35.6 Å². The molecule has 1 aliphatic carbocycles. The van der Waals surface area contributed by atoms with E-state index in [1.54, 1.807) is 0 Å². The second-order valence-electron chi connectivity index (χ2n) is 6.86. The number of aliphatic hydroxyl groups excluding tert-OH is 1. The average molecular weight is 377 g/mol. The Labute approximate surface area is 162 Å². The van der Waals surface area contributed by atoms with Crippen LogP contribution in [0.25, 0.3) is 11.1 Å². The minimum atomic E-state index is -0.968. The Morgan fingerprint density at radius 1 is 1.07 bits per heavy atom. The lowest BCUT2D eigenvalue weighted by molar-refractivity contribution is 0.158. The van der Waals surface area contributed by atoms with Crippen molar-refractivity contribution in [2.45, 2.75) is 18.9 Å². The van der Waals surface area contributed by atoms with Gasteiger partial charge in [0, 0.05) is 17.2 Å². The van der Waals surface area contributed by atoms with Gasteiger partial charge in [-0.25, -0.2) is 9.18 Å². The zero-order valence-corrected chi connectivity index (χ0v) is 15.4. The van der Waals surface area contributed by atoms with Gasteiger partial charge in [0.1, 0.15) is 12.4 Å². The van der Waals surface area contributed by atoms with Crippen molar-refractivity contribution < 1.29 is 19.0 Å². The van der Waals surface area contributed by atoms with Gasteiger partial charge in [-0.2, -0.15) is 0 Å². The Kier molecular flexibility index (Phi) is 4.84. The molecule has 0 saturated heterocycles. The Bertz CT molecular complexity index is 986. The molecule has 4 rings (SSSR count). The number of amides is 1. The number of rotatable bonds is 4. The highest BCUT2D eigenvalue weighted by molar-refractivity contribution is 5.85. The molecular weight excluding hydrogens is 357 g/mol. The number of ether oxygens (including phenoxy) is 1. The van der Waals surface area contributed by atoms with E-state index in [4.69, 9.17) is 4.74 Å². The third kappa shape index (κ3) is 3.37. The number of fused-ring (bicyclic) bond motifs is 3. The summed E-state index contributed by atoms with van der Waals surface area (Å²) in [6, 6.07) is 20.3. The lowest BCUT2D eigenvalue weighted by Crippen LogP contribution is -2.18. The standard InChI is InChI=1S/C23H20FNO3/c1-14(26)20-12-15(10-11-22(20)24)25-23(27)28-13-21-18-8-4-2-6-16(18)17-7-3-5-9-19(17)21/h2-12,14,21,26H,13H2,1H3,(H,25,27). The Balaban J connectivity index is 1.48. The quantitative estimate of drug-likeness (QED) is 0.654. The molecule has 3 aromatic rings. The summed E-state index contributed by atoms with van der Waals surface area (Å²) in [5.41, 5.74) is 5.08. The maximum atomic E-state index is 13.7. The highest BCUT2D eigenvalue weighted by Crippen LogP contribution is 2.44. The molecule has 28 heavy (non-hydrogen) atoms. The number of carbonyl (C=O) groups is 1. The van der Waals surface area contributed by atoms with Crippen molar-refractivity contribution in [3.8, 4) is 11.1 Å². The summed E-state index contributed by atoms with van der Waals surface area (Å²) < 4.78 is 19.2. The van der Waals surface area contributed by atoms with Crippen LogP contribution in [0.4, 0.5) is 14.9 Å². The fraction of sp³-hybridized carbons (Fsp3) is 0.174. The Morgan fingerprint density at radius 3 is 2.29 bits per heavy atom. The maximum Gasteiger partial charge on any atom is 0.411 e. The molecule has 2 N–H and O–H groups in total. The smallest absolute Gasteiger partial charge is 0.411 e. The van der Waals surface area contributed by atoms with Crippen LogP contribution in [-0.2, 0) is 4.74 Å². The molecule has 1 atom stereocenters. The molecule has 3 aromatic carbocycles. The predicted molar refractivity (Wildman–Crippen MR) is 106 cm³/mol. The molecule has 5 heteroatoms. The zero-order chi connectivity index (χ0) is 19.7. The van der Waals surface area contributed by atoms with E-state index in [2.05, 4.69) is 29.6 Å². The van der Waals surface area contributed by atoms with E-state index in [9.17, 15) is 14.3 Å². The molecule has 1 unspecified atom stereocenters. The maximum absolute atomic E-state index is 13.7. The molecule has 0 spiro atoms. The molecule has 0 bridgehead atoms. The van der Waals surface area contributed by atoms with Gasteiger partial charge in [-0.05, 0) is 47.4 Å². The van der Waals surface area contributed by atoms with Gasteiger partial charge < -0.3 is 9.84 Å². The summed E-state index contributed by atoms with van der Waals surface area (Å²) in [7, 11) is 0. The summed E-state index contributed by atoms with van der Waals surface area (Å²) >= 11 is 0. The number of hydrogen-bond acceptors (Lipinski definition) is 3. The van der Waals surface area contributed by atoms with Gasteiger partial charge in [-0.3, -0.25) is 5.32 Å². The summed E-state index contributed by atoms with van der Waals surface area (Å²) in [6.45, 7) is 1.67. The molecule has 0 aromatic heterocycles. The monoisotopic (exact) mass is 377 g/mol. The highest BCUT2D eigenvalue weighted by atomic mass is 19.1. The topological polar surface area (TPSA) is 58.6 Å². The molecule has 1 amide bonds. The van der Waals surface area contributed by atoms with Crippen LogP contribution >= 0.6 is 0 Å². The summed E-state index contributed by atoms with van der Waals surface area (Å²) in [4.78, 5) is 12.3. The van der Waals surface area contributed by atoms with Crippen molar-refractivity contribution in [1.29, 1.82) is 0 Å². The van der Waals surface area contributed by atoms with Gasteiger partial charge in [0.25, 0.3) is 0 Å². The van der Waals surface area contributed by atoms with Crippen molar-refractivity contribution in [3.05, 3.63) is 89.2 Å². The van der Waals surface area contributed by atoms with Crippen LogP contribution < -0.4 is 5.32 Å². The zero-order valence-electron chi connectivity index (χ0n) is 15.4. The third-order valence-electron chi connectivity index (χ3n) is 5.04. The Morgan fingerprint density at radius 2 is 1.68 bits per heavy atom. The van der Waals surface area contributed by atoms with E-state index >= 15 is 0 Å². The molecule has 1 aliphatic rings. The number of benzene rings is 3. The number of aliphatic hydroxyl groups is 1. The minimum Gasteiger partial charge on any atom is -0.448 e. The summed E-state index contributed by atoms with van der Waals surface area (Å²) in [6.07, 6.45) is -1.59. The molecule has 0 saturated carbocycles. The first kappa shape index (κ1) is 18.2. The fourth-order valence-corrected chi connectivity index (χ4v) is 3.69. The molecular formula is C23H20FNO3. The number of anilines is 1. The number of hydrogen-bond donors (Lipinski definition) is 2. The first-order chi connectivity index (χ1) is 13.5. The molecule has 0 fully saturated rings. The minimum absolute atomic E-state index is 0.0283. The lowest BCUT2D eigenvalue weighted by atomic mass is 9.98. The van der Waals surface area contributed by atoms with Crippen LogP contribution in [0.15, 0.2) is 66.7 Å². The van der Waals surface area contributed by atoms with E-state index in [1.165, 1.54) is 25.1 Å². The number of halogens is 1. The van der Waals surface area contributed by atoms with Crippen LogP contribution in [0.2, 0.25) is 0 Å². The van der Waals surface area contributed by atoms with Crippen molar-refractivity contribution in [1.82, 2.24) is 0 Å². The molecule has 142 valence electrons. The van der Waals surface area contributed by atoms with E-state index < -0.39 is 18.0 Å². The van der Waals surface area contributed by atoms with Crippen molar-refractivity contribution in [2.24, 2.45) is 0 Å². The summed E-state index contributed by atoms with van der Waals surface area (Å²) in [5.74, 6) is -0.549. The van der Waals surface area contributed by atoms with E-state index in [1.807, 2.05) is 24.3 Å². The van der Waals surface area contributed by atoms with Gasteiger partial charge in [0.05, 0.1) is 6.10 Å². The lowest BCUT2D eigenvalue weighted by Gasteiger charge is -2.15. The van der Waals surface area contributed by atoms with Crippen LogP contribution in [0, 0.1) is 5.82 Å². The van der Waals surface area contributed by atoms with E-state index in [0.717, 1.165) is 22.3 Å². The third-order valence-corrected chi connectivity index (χ3v) is 5.04.